The molecular weight excluding hydrogens is 1090 g/mol. The molecule has 0 spiro atoms. The van der Waals surface area contributed by atoms with Gasteiger partial charge in [-0.05, 0) is 126 Å². The average Bonchev–Trinajstić information content (AvgIpc) is 3.04. The Morgan fingerprint density at radius 2 is 0.828 bits per heavy atom. The van der Waals surface area contributed by atoms with Crippen molar-refractivity contribution in [2.45, 2.75) is 190 Å². The number of likely N-dealkylation sites (N-methyl/N-ethyl adjacent to an activating group) is 2. The van der Waals surface area contributed by atoms with E-state index in [-0.39, 0.29) is 59.2 Å². The van der Waals surface area contributed by atoms with Crippen molar-refractivity contribution in [3.63, 3.8) is 0 Å². The minimum atomic E-state index is -1.02. The van der Waals surface area contributed by atoms with Crippen molar-refractivity contribution in [2.24, 2.45) is 11.8 Å². The quantitative estimate of drug-likeness (QED) is 0.0245. The first-order valence-electron chi connectivity index (χ1n) is 32.7. The van der Waals surface area contributed by atoms with E-state index >= 15 is 0 Å². The van der Waals surface area contributed by atoms with E-state index in [0.717, 1.165) is 112 Å². The number of nitrogens with one attached hydrogen (secondary N) is 8. The first-order valence-corrected chi connectivity index (χ1v) is 32.7. The molecule has 2 saturated heterocycles. The zero-order valence-electron chi connectivity index (χ0n) is 52.0. The Morgan fingerprint density at radius 3 is 1.26 bits per heavy atom. The molecule has 0 radical (unpaired) electrons. The van der Waals surface area contributed by atoms with Crippen LogP contribution in [-0.4, -0.2) is 146 Å². The molecule has 470 valence electrons. The molecule has 8 atom stereocenters. The Hall–Kier alpha value is -6.95. The lowest BCUT2D eigenvalue weighted by molar-refractivity contribution is -0.143. The molecule has 4 aromatic rings. The van der Waals surface area contributed by atoms with Gasteiger partial charge in [0.25, 0.3) is 0 Å². The molecule has 17 heteroatoms. The number of hydrogen-bond acceptors (Lipinski definition) is 10. The highest BCUT2D eigenvalue weighted by Gasteiger charge is 2.44. The van der Waals surface area contributed by atoms with Gasteiger partial charge in [-0.2, -0.15) is 0 Å². The summed E-state index contributed by atoms with van der Waals surface area (Å²) in [4.78, 5) is 104. The summed E-state index contributed by atoms with van der Waals surface area (Å²) in [7, 11) is 3.46. The Balaban J connectivity index is 0.910. The molecular formula is C70H98N10O7. The molecule has 17 nitrogen and oxygen atoms in total. The van der Waals surface area contributed by atoms with Crippen LogP contribution in [0.3, 0.4) is 0 Å². The van der Waals surface area contributed by atoms with Crippen LogP contribution in [-0.2, 0) is 33.6 Å². The minimum Gasteiger partial charge on any atom is -0.355 e. The number of benzene rings is 4. The van der Waals surface area contributed by atoms with Crippen molar-refractivity contribution in [1.29, 1.82) is 0 Å². The van der Waals surface area contributed by atoms with Crippen molar-refractivity contribution < 1.29 is 33.6 Å². The fourth-order valence-corrected chi connectivity index (χ4v) is 13.7. The number of hydrogen-bond donors (Lipinski definition) is 8. The number of carbonyl (C=O) groups is 7. The molecule has 0 bridgehead atoms. The monoisotopic (exact) mass is 1190 g/mol. The summed E-state index contributed by atoms with van der Waals surface area (Å²) in [6.07, 6.45) is 15.3. The van der Waals surface area contributed by atoms with Crippen LogP contribution in [0.5, 0.6) is 0 Å². The summed E-state index contributed by atoms with van der Waals surface area (Å²) in [6, 6.07) is 34.6. The van der Waals surface area contributed by atoms with Crippen LogP contribution in [0, 0.1) is 11.8 Å². The third kappa shape index (κ3) is 18.1. The maximum atomic E-state index is 14.8. The number of likely N-dealkylation sites (tertiary alicyclic amines) is 2. The number of unbranched alkanes of at least 4 members (excludes halogenated alkanes) is 3. The van der Waals surface area contributed by atoms with Gasteiger partial charge in [0.2, 0.25) is 41.4 Å². The number of rotatable bonds is 30. The van der Waals surface area contributed by atoms with E-state index in [2.05, 4.69) is 66.8 Å². The predicted octanol–water partition coefficient (Wildman–Crippen LogP) is 7.21. The largest absolute Gasteiger partial charge is 0.355 e. The highest BCUT2D eigenvalue weighted by atomic mass is 16.2. The van der Waals surface area contributed by atoms with Gasteiger partial charge in [0.1, 0.15) is 24.2 Å². The second-order valence-corrected chi connectivity index (χ2v) is 24.8. The second-order valence-electron chi connectivity index (χ2n) is 24.8. The van der Waals surface area contributed by atoms with E-state index < -0.39 is 54.1 Å². The molecule has 4 aliphatic rings. The van der Waals surface area contributed by atoms with Crippen molar-refractivity contribution in [1.82, 2.24) is 52.3 Å². The summed E-state index contributed by atoms with van der Waals surface area (Å²) < 4.78 is 0. The van der Waals surface area contributed by atoms with Crippen LogP contribution in [0.4, 0.5) is 0 Å². The highest BCUT2D eigenvalue weighted by molar-refractivity contribution is 5.96. The Morgan fingerprint density at radius 1 is 0.437 bits per heavy atom. The molecule has 8 rings (SSSR count). The molecule has 0 aromatic heterocycles. The predicted molar refractivity (Wildman–Crippen MR) is 341 cm³/mol. The van der Waals surface area contributed by atoms with Crippen molar-refractivity contribution in [3.8, 4) is 0 Å². The van der Waals surface area contributed by atoms with Crippen LogP contribution in [0.25, 0.3) is 0 Å². The summed E-state index contributed by atoms with van der Waals surface area (Å²) in [5.41, 5.74) is 3.70. The van der Waals surface area contributed by atoms with Gasteiger partial charge >= 0.3 is 0 Å². The van der Waals surface area contributed by atoms with Gasteiger partial charge in [-0.15, -0.1) is 0 Å². The molecule has 8 N–H and O–H groups in total. The molecule has 7 amide bonds. The standard InChI is InChI=1S/C70H98N10O7/c1-48(71-3)64(81)76-60(54-37-21-11-22-38-54)69(86)79-45-27-41-56(79)47-75-62(58(50-29-13-7-14-30-50)51-31-15-8-16-32-51)67(84)73-43-25-5-6-26-44-74-68(85)63(59(52-33-17-9-18-34-52)53-35-19-10-20-36-53)78-66(83)57-42-28-46-80(57)70(87)61(55-39-23-12-24-40-55)77-65(82)49(2)72-4/h7-10,13-20,29-36,48-49,54-63,71-72,75H,5-6,11-12,21-28,37-47H2,1-4H3,(H,73,84)(H,74,85)(H,76,81)(H,77,82)(H,78,83)/t48-,49-,56?,57-,60-,61-,62-,63-/m0/s1. The van der Waals surface area contributed by atoms with Gasteiger partial charge in [0.05, 0.1) is 18.1 Å². The normalized spacial score (nSPS) is 19.6. The zero-order valence-corrected chi connectivity index (χ0v) is 52.0. The van der Waals surface area contributed by atoms with Gasteiger partial charge in [-0.25, -0.2) is 0 Å². The highest BCUT2D eigenvalue weighted by Crippen LogP contribution is 2.34. The third-order valence-electron chi connectivity index (χ3n) is 19.0. The average molecular weight is 1190 g/mol. The van der Waals surface area contributed by atoms with Crippen LogP contribution in [0.15, 0.2) is 121 Å². The molecule has 2 aliphatic carbocycles. The third-order valence-corrected chi connectivity index (χ3v) is 19.0. The molecule has 4 aromatic carbocycles. The lowest BCUT2D eigenvalue weighted by Gasteiger charge is -2.36. The van der Waals surface area contributed by atoms with E-state index in [1.165, 1.54) is 0 Å². The fraction of sp³-hybridized carbons (Fsp3) is 0.557. The lowest BCUT2D eigenvalue weighted by atomic mass is 9.83. The zero-order chi connectivity index (χ0) is 61.5. The van der Waals surface area contributed by atoms with Gasteiger partial charge in [-0.1, -0.05) is 173 Å². The first-order chi connectivity index (χ1) is 42.4. The maximum Gasteiger partial charge on any atom is 0.246 e. The number of carbonyl (C=O) groups excluding carboxylic acids is 7. The molecule has 2 heterocycles. The van der Waals surface area contributed by atoms with E-state index in [0.29, 0.717) is 58.4 Å². The van der Waals surface area contributed by atoms with E-state index in [4.69, 9.17) is 0 Å². The van der Waals surface area contributed by atoms with Crippen molar-refractivity contribution in [3.05, 3.63) is 144 Å². The van der Waals surface area contributed by atoms with E-state index in [1.54, 1.807) is 32.8 Å². The molecule has 4 fully saturated rings. The second kappa shape index (κ2) is 34.0. The Labute approximate surface area is 516 Å². The minimum absolute atomic E-state index is 0.0336. The first kappa shape index (κ1) is 66.0. The van der Waals surface area contributed by atoms with Crippen LogP contribution < -0.4 is 42.5 Å². The van der Waals surface area contributed by atoms with Crippen LogP contribution >= 0.6 is 0 Å². The summed E-state index contributed by atoms with van der Waals surface area (Å²) in [5, 5.41) is 25.6. The van der Waals surface area contributed by atoms with Gasteiger partial charge in [-0.3, -0.25) is 33.6 Å². The maximum absolute atomic E-state index is 14.8. The van der Waals surface area contributed by atoms with Crippen LogP contribution in [0.2, 0.25) is 0 Å². The van der Waals surface area contributed by atoms with E-state index in [9.17, 15) is 33.6 Å². The molecule has 1 unspecified atom stereocenters. The summed E-state index contributed by atoms with van der Waals surface area (Å²) in [5.74, 6) is -2.42. The molecule has 2 aliphatic heterocycles. The van der Waals surface area contributed by atoms with Crippen molar-refractivity contribution >= 4 is 41.4 Å². The van der Waals surface area contributed by atoms with Gasteiger partial charge < -0.3 is 52.3 Å². The Kier molecular flexibility index (Phi) is 25.8. The molecule has 2 saturated carbocycles. The van der Waals surface area contributed by atoms with Crippen LogP contribution in [0.1, 0.15) is 164 Å². The van der Waals surface area contributed by atoms with Gasteiger partial charge in [0, 0.05) is 50.6 Å². The summed E-state index contributed by atoms with van der Waals surface area (Å²) in [6.45, 7) is 5.75. The molecule has 87 heavy (non-hydrogen) atoms. The fourth-order valence-electron chi connectivity index (χ4n) is 13.7. The number of amides is 7. The summed E-state index contributed by atoms with van der Waals surface area (Å²) >= 11 is 0. The van der Waals surface area contributed by atoms with E-state index in [1.807, 2.05) is 102 Å². The Bertz CT molecular complexity index is 2720. The topological polar surface area (TPSA) is 222 Å². The number of nitrogens with zero attached hydrogens (tertiary/aromatic N) is 2. The lowest BCUT2D eigenvalue weighted by Crippen LogP contribution is -2.59. The van der Waals surface area contributed by atoms with Crippen molar-refractivity contribution in [2.75, 3.05) is 46.8 Å². The van der Waals surface area contributed by atoms with Gasteiger partial charge in [0.15, 0.2) is 0 Å². The smallest absolute Gasteiger partial charge is 0.246 e. The SMILES string of the molecule is CN[C@@H](C)C(=O)N[C@H](C(=O)N1CCCC1CN[C@H](C(=O)NCCCCCCNC(=O)[C@@H](NC(=O)[C@@H]1CCCN1C(=O)[C@@H](NC(=O)[C@H](C)NC)C1CCCCC1)C(c1ccccc1)c1ccccc1)C(c1ccccc1)c1ccccc1)C1CCCCC1.